The molecule has 0 radical (unpaired) electrons. The molecule has 0 spiro atoms. The molecule has 1 aromatic carbocycles. The van der Waals surface area contributed by atoms with Crippen LogP contribution in [0, 0.1) is 0 Å². The normalized spacial score (nSPS) is 19.2. The van der Waals surface area contributed by atoms with Gasteiger partial charge < -0.3 is 13.9 Å². The molecule has 2 aliphatic rings. The molecule has 0 saturated carbocycles. The summed E-state index contributed by atoms with van der Waals surface area (Å²) in [6.07, 6.45) is 1.70. The molecule has 0 aliphatic carbocycles. The zero-order valence-corrected chi connectivity index (χ0v) is 18.1. The van der Waals surface area contributed by atoms with Crippen LogP contribution in [0.5, 0.6) is 0 Å². The first-order chi connectivity index (χ1) is 15.9. The molecule has 3 aromatic rings. The highest BCUT2D eigenvalue weighted by Gasteiger charge is 2.32. The molecule has 2 aromatic heterocycles. The zero-order valence-electron chi connectivity index (χ0n) is 18.1. The number of benzene rings is 1. The molecule has 2 aliphatic heterocycles. The summed E-state index contributed by atoms with van der Waals surface area (Å²) in [5.74, 6) is 2.20. The summed E-state index contributed by atoms with van der Waals surface area (Å²) in [6.45, 7) is 2.05. The summed E-state index contributed by atoms with van der Waals surface area (Å²) >= 11 is 0. The molecule has 174 valence electrons. The van der Waals surface area contributed by atoms with Gasteiger partial charge in [0.25, 0.3) is 5.91 Å². The second-order valence-corrected chi connectivity index (χ2v) is 8.77. The van der Waals surface area contributed by atoms with E-state index in [1.54, 1.807) is 11.0 Å². The van der Waals surface area contributed by atoms with Crippen LogP contribution < -0.4 is 0 Å². The van der Waals surface area contributed by atoms with Crippen molar-refractivity contribution in [3.8, 4) is 11.3 Å². The molecule has 0 bridgehead atoms. The number of nitrogens with zero attached hydrogens (tertiary/aromatic N) is 4. The van der Waals surface area contributed by atoms with E-state index in [-0.39, 0.29) is 28.9 Å². The van der Waals surface area contributed by atoms with E-state index in [9.17, 15) is 18.0 Å². The smallest absolute Gasteiger partial charge is 0.416 e. The highest BCUT2D eigenvalue weighted by Crippen LogP contribution is 2.33. The molecule has 6 nitrogen and oxygen atoms in total. The predicted molar refractivity (Wildman–Crippen MR) is 115 cm³/mol. The molecule has 5 rings (SSSR count). The van der Waals surface area contributed by atoms with Crippen LogP contribution in [0.25, 0.3) is 11.3 Å². The summed E-state index contributed by atoms with van der Waals surface area (Å²) in [6, 6.07) is 7.99. The average Bonchev–Trinajstić information content (AvgIpc) is 3.40. The number of alkyl halides is 3. The van der Waals surface area contributed by atoms with Crippen molar-refractivity contribution in [3.63, 3.8) is 0 Å². The Kier molecular flexibility index (Phi) is 5.72. The van der Waals surface area contributed by atoms with E-state index in [1.165, 1.54) is 24.6 Å². The molecule has 1 atom stereocenters. The number of furan rings is 1. The summed E-state index contributed by atoms with van der Waals surface area (Å²) in [5, 5.41) is 8.85. The lowest BCUT2D eigenvalue weighted by molar-refractivity contribution is -0.137. The Morgan fingerprint density at radius 3 is 2.76 bits per heavy atom. The first kappa shape index (κ1) is 21.7. The first-order valence-electron chi connectivity index (χ1n) is 11.4. The van der Waals surface area contributed by atoms with Crippen LogP contribution in [0.2, 0.25) is 0 Å². The topological polar surface area (TPSA) is 64.2 Å². The van der Waals surface area contributed by atoms with Crippen molar-refractivity contribution in [1.29, 1.82) is 0 Å². The van der Waals surface area contributed by atoms with Crippen LogP contribution in [0.15, 0.2) is 40.8 Å². The van der Waals surface area contributed by atoms with Crippen molar-refractivity contribution < 1.29 is 22.4 Å². The summed E-state index contributed by atoms with van der Waals surface area (Å²) < 4.78 is 47.0. The number of amides is 1. The third-order valence-electron chi connectivity index (χ3n) is 6.50. The van der Waals surface area contributed by atoms with Crippen LogP contribution in [-0.2, 0) is 19.1 Å². The van der Waals surface area contributed by atoms with Gasteiger partial charge in [-0.05, 0) is 49.9 Å². The van der Waals surface area contributed by atoms with Crippen LogP contribution in [0.3, 0.4) is 0 Å². The fourth-order valence-corrected chi connectivity index (χ4v) is 4.79. The van der Waals surface area contributed by atoms with E-state index in [1.807, 2.05) is 0 Å². The quantitative estimate of drug-likeness (QED) is 0.534. The Balaban J connectivity index is 1.33. The molecule has 1 fully saturated rings. The number of likely N-dealkylation sites (tertiary alicyclic amines) is 1. The monoisotopic (exact) mass is 458 g/mol. The van der Waals surface area contributed by atoms with Gasteiger partial charge in [0.2, 0.25) is 0 Å². The van der Waals surface area contributed by atoms with Gasteiger partial charge in [-0.25, -0.2) is 0 Å². The lowest BCUT2D eigenvalue weighted by atomic mass is 9.96. The standard InChI is InChI=1S/C24H25F3N4O2/c25-24(26,27)18-8-4-6-16(14-18)19-10-11-20(33-19)23(32)30-12-5-7-17(15-30)22-29-28-21-9-2-1-3-13-31(21)22/h4,6,8,10-11,14,17H,1-3,5,7,9,12-13,15H2. The zero-order chi connectivity index (χ0) is 23.0. The van der Waals surface area contributed by atoms with Crippen molar-refractivity contribution in [2.45, 2.75) is 57.2 Å². The highest BCUT2D eigenvalue weighted by molar-refractivity contribution is 5.92. The second kappa shape index (κ2) is 8.68. The maximum absolute atomic E-state index is 13.1. The Morgan fingerprint density at radius 2 is 1.91 bits per heavy atom. The third-order valence-corrected chi connectivity index (χ3v) is 6.50. The summed E-state index contributed by atoms with van der Waals surface area (Å²) in [4.78, 5) is 14.9. The van der Waals surface area contributed by atoms with Crippen LogP contribution in [0.4, 0.5) is 13.2 Å². The van der Waals surface area contributed by atoms with Crippen molar-refractivity contribution in [3.05, 3.63) is 59.4 Å². The minimum Gasteiger partial charge on any atom is -0.451 e. The third kappa shape index (κ3) is 4.41. The van der Waals surface area contributed by atoms with E-state index in [0.29, 0.717) is 13.1 Å². The van der Waals surface area contributed by atoms with Crippen molar-refractivity contribution >= 4 is 5.91 Å². The van der Waals surface area contributed by atoms with E-state index in [4.69, 9.17) is 4.42 Å². The number of fused-ring (bicyclic) bond motifs is 1. The van der Waals surface area contributed by atoms with Gasteiger partial charge in [0.1, 0.15) is 17.4 Å². The lowest BCUT2D eigenvalue weighted by Crippen LogP contribution is -2.39. The van der Waals surface area contributed by atoms with Gasteiger partial charge >= 0.3 is 6.18 Å². The summed E-state index contributed by atoms with van der Waals surface area (Å²) in [7, 11) is 0. The largest absolute Gasteiger partial charge is 0.451 e. The number of piperidine rings is 1. The fourth-order valence-electron chi connectivity index (χ4n) is 4.79. The molecule has 9 heteroatoms. The number of aromatic nitrogens is 3. The number of carbonyl (C=O) groups excluding carboxylic acids is 1. The van der Waals surface area contributed by atoms with Crippen molar-refractivity contribution in [2.75, 3.05) is 13.1 Å². The predicted octanol–water partition coefficient (Wildman–Crippen LogP) is 5.30. The molecule has 1 unspecified atom stereocenters. The molecule has 1 amide bonds. The Labute approximate surface area is 189 Å². The Morgan fingerprint density at radius 1 is 1.03 bits per heavy atom. The molecule has 0 N–H and O–H groups in total. The van der Waals surface area contributed by atoms with Gasteiger partial charge in [-0.3, -0.25) is 4.79 Å². The number of rotatable bonds is 3. The second-order valence-electron chi connectivity index (χ2n) is 8.77. The molecule has 1 saturated heterocycles. The molecular weight excluding hydrogens is 433 g/mol. The Bertz CT molecular complexity index is 1150. The molecule has 4 heterocycles. The van der Waals surface area contributed by atoms with Crippen molar-refractivity contribution in [1.82, 2.24) is 19.7 Å². The number of hydrogen-bond donors (Lipinski definition) is 0. The van der Waals surface area contributed by atoms with Gasteiger partial charge in [0.15, 0.2) is 5.76 Å². The van der Waals surface area contributed by atoms with Crippen LogP contribution >= 0.6 is 0 Å². The number of aryl methyl sites for hydroxylation is 1. The van der Waals surface area contributed by atoms with Gasteiger partial charge in [0.05, 0.1) is 5.56 Å². The minimum absolute atomic E-state index is 0.111. The van der Waals surface area contributed by atoms with Crippen LogP contribution in [0.1, 0.15) is 65.8 Å². The first-order valence-corrected chi connectivity index (χ1v) is 11.4. The van der Waals surface area contributed by atoms with Gasteiger partial charge in [-0.15, -0.1) is 10.2 Å². The van der Waals surface area contributed by atoms with Gasteiger partial charge in [-0.2, -0.15) is 13.2 Å². The van der Waals surface area contributed by atoms with Crippen LogP contribution in [-0.4, -0.2) is 38.7 Å². The number of halogens is 3. The minimum atomic E-state index is -4.44. The lowest BCUT2D eigenvalue weighted by Gasteiger charge is -2.32. The highest BCUT2D eigenvalue weighted by atomic mass is 19.4. The SMILES string of the molecule is O=C(c1ccc(-c2cccc(C(F)(F)F)c2)o1)N1CCCC(c2nnc3n2CCCCC3)C1. The fraction of sp³-hybridized carbons (Fsp3) is 0.458. The van der Waals surface area contributed by atoms with Gasteiger partial charge in [-0.1, -0.05) is 18.6 Å². The molecular formula is C24H25F3N4O2. The van der Waals surface area contributed by atoms with Gasteiger partial charge in [0, 0.05) is 37.5 Å². The molecule has 33 heavy (non-hydrogen) atoms. The number of hydrogen-bond acceptors (Lipinski definition) is 4. The Hall–Kier alpha value is -3.10. The van der Waals surface area contributed by atoms with Crippen molar-refractivity contribution in [2.24, 2.45) is 0 Å². The van der Waals surface area contributed by atoms with E-state index < -0.39 is 11.7 Å². The summed E-state index contributed by atoms with van der Waals surface area (Å²) in [5.41, 5.74) is -0.470. The average molecular weight is 458 g/mol. The number of carbonyl (C=O) groups is 1. The van der Waals surface area contributed by atoms with E-state index >= 15 is 0 Å². The van der Waals surface area contributed by atoms with E-state index in [2.05, 4.69) is 14.8 Å². The van der Waals surface area contributed by atoms with E-state index in [0.717, 1.165) is 62.4 Å². The maximum Gasteiger partial charge on any atom is 0.416 e. The maximum atomic E-state index is 13.1.